The minimum absolute atomic E-state index is 0.0237. The molecule has 1 fully saturated rings. The zero-order valence-corrected chi connectivity index (χ0v) is 9.58. The van der Waals surface area contributed by atoms with Gasteiger partial charge in [-0.2, -0.15) is 0 Å². The molecule has 6 nitrogen and oxygen atoms in total. The van der Waals surface area contributed by atoms with Crippen LogP contribution in [0.5, 0.6) is 0 Å². The van der Waals surface area contributed by atoms with Gasteiger partial charge in [-0.05, 0) is 24.8 Å². The lowest BCUT2D eigenvalue weighted by Gasteiger charge is -2.32. The fraction of sp³-hybridized carbons (Fsp3) is 0.545. The van der Waals surface area contributed by atoms with E-state index in [2.05, 4.69) is 10.6 Å². The van der Waals surface area contributed by atoms with Crippen LogP contribution in [-0.4, -0.2) is 31.3 Å². The molecule has 92 valence electrons. The van der Waals surface area contributed by atoms with Gasteiger partial charge in [-0.1, -0.05) is 0 Å². The molecule has 2 aliphatic rings. The lowest BCUT2D eigenvalue weighted by Crippen LogP contribution is -2.52. The molecule has 1 saturated carbocycles. The van der Waals surface area contributed by atoms with Crippen molar-refractivity contribution in [3.8, 4) is 0 Å². The van der Waals surface area contributed by atoms with Gasteiger partial charge in [0.25, 0.3) is 11.8 Å². The fourth-order valence-electron chi connectivity index (χ4n) is 2.22. The highest BCUT2D eigenvalue weighted by Gasteiger charge is 2.51. The van der Waals surface area contributed by atoms with Crippen molar-refractivity contribution in [3.05, 3.63) is 11.6 Å². The summed E-state index contributed by atoms with van der Waals surface area (Å²) in [5, 5.41) is 4.95. The first kappa shape index (κ1) is 11.6. The quantitative estimate of drug-likeness (QED) is 0.530. The van der Waals surface area contributed by atoms with Gasteiger partial charge in [0.2, 0.25) is 5.91 Å². The Kier molecular flexibility index (Phi) is 2.65. The van der Waals surface area contributed by atoms with Gasteiger partial charge in [0.15, 0.2) is 0 Å². The first-order valence-electron chi connectivity index (χ1n) is 5.54. The van der Waals surface area contributed by atoms with E-state index >= 15 is 0 Å². The third-order valence-electron chi connectivity index (χ3n) is 3.42. The monoisotopic (exact) mass is 237 g/mol. The van der Waals surface area contributed by atoms with E-state index in [1.165, 1.54) is 13.1 Å². The third kappa shape index (κ3) is 1.79. The zero-order valence-electron chi connectivity index (χ0n) is 9.58. The lowest BCUT2D eigenvalue weighted by atomic mass is 9.77. The first-order chi connectivity index (χ1) is 8.01. The molecule has 17 heavy (non-hydrogen) atoms. The van der Waals surface area contributed by atoms with Crippen LogP contribution in [0.25, 0.3) is 0 Å². The Balaban J connectivity index is 2.42. The largest absolute Gasteiger partial charge is 0.369 e. The Hall–Kier alpha value is -1.85. The van der Waals surface area contributed by atoms with Crippen LogP contribution >= 0.6 is 0 Å². The maximum atomic E-state index is 11.6. The maximum Gasteiger partial charge on any atom is 0.256 e. The smallest absolute Gasteiger partial charge is 0.256 e. The van der Waals surface area contributed by atoms with E-state index in [-0.39, 0.29) is 18.0 Å². The third-order valence-corrected chi connectivity index (χ3v) is 3.42. The molecule has 1 heterocycles. The summed E-state index contributed by atoms with van der Waals surface area (Å²) in [6.45, 7) is 0.187. The van der Waals surface area contributed by atoms with E-state index in [1.54, 1.807) is 0 Å². The van der Waals surface area contributed by atoms with Crippen LogP contribution in [0, 0.1) is 11.3 Å². The van der Waals surface area contributed by atoms with Crippen LogP contribution in [0.3, 0.4) is 0 Å². The summed E-state index contributed by atoms with van der Waals surface area (Å²) in [5.74, 6) is -1.29. The molecular formula is C11H15N3O3. The van der Waals surface area contributed by atoms with Crippen molar-refractivity contribution in [2.45, 2.75) is 12.8 Å². The van der Waals surface area contributed by atoms with Gasteiger partial charge in [-0.15, -0.1) is 0 Å². The standard InChI is InChI=1S/C11H15N3O3/c1-13-8(15)7-4-11(10(12)17,6-2-3-6)5-14-9(7)16/h4,6H,2-3,5H2,1H3,(H2,12,17)(H,13,15)(H,14,16). The van der Waals surface area contributed by atoms with Crippen molar-refractivity contribution in [1.29, 1.82) is 0 Å². The predicted octanol–water partition coefficient (Wildman–Crippen LogP) is -1.33. The normalized spacial score (nSPS) is 28.1. The second-order valence-electron chi connectivity index (χ2n) is 4.50. The van der Waals surface area contributed by atoms with Crippen molar-refractivity contribution < 1.29 is 14.4 Å². The van der Waals surface area contributed by atoms with Gasteiger partial charge in [0, 0.05) is 13.6 Å². The van der Waals surface area contributed by atoms with Crippen molar-refractivity contribution >= 4 is 17.7 Å². The molecule has 0 aromatic carbocycles. The number of rotatable bonds is 3. The van der Waals surface area contributed by atoms with Gasteiger partial charge in [-0.3, -0.25) is 14.4 Å². The molecule has 1 aliphatic heterocycles. The highest BCUT2D eigenvalue weighted by Crippen LogP contribution is 2.47. The number of hydrogen-bond donors (Lipinski definition) is 3. The van der Waals surface area contributed by atoms with Gasteiger partial charge in [0.1, 0.15) is 5.57 Å². The highest BCUT2D eigenvalue weighted by atomic mass is 16.2. The van der Waals surface area contributed by atoms with Crippen LogP contribution in [0.1, 0.15) is 12.8 Å². The van der Waals surface area contributed by atoms with E-state index in [4.69, 9.17) is 5.73 Å². The molecule has 0 bridgehead atoms. The number of amides is 3. The maximum absolute atomic E-state index is 11.6. The molecule has 0 saturated heterocycles. The average Bonchev–Trinajstić information content (AvgIpc) is 3.13. The topological polar surface area (TPSA) is 101 Å². The summed E-state index contributed by atoms with van der Waals surface area (Å²) in [6, 6.07) is 0. The first-order valence-corrected chi connectivity index (χ1v) is 5.54. The van der Waals surface area contributed by atoms with Gasteiger partial charge >= 0.3 is 0 Å². The van der Waals surface area contributed by atoms with Crippen molar-refractivity contribution in [2.75, 3.05) is 13.6 Å². The van der Waals surface area contributed by atoms with Gasteiger partial charge in [-0.25, -0.2) is 0 Å². The van der Waals surface area contributed by atoms with Crippen molar-refractivity contribution in [1.82, 2.24) is 10.6 Å². The SMILES string of the molecule is CNC(=O)C1=CC(C(N)=O)(C2CC2)CNC1=O. The average molecular weight is 237 g/mol. The van der Waals surface area contributed by atoms with Crippen LogP contribution in [0.2, 0.25) is 0 Å². The Bertz CT molecular complexity index is 426. The summed E-state index contributed by atoms with van der Waals surface area (Å²) in [7, 11) is 1.44. The second kappa shape index (κ2) is 3.87. The summed E-state index contributed by atoms with van der Waals surface area (Å²) in [6.07, 6.45) is 3.25. The molecule has 1 atom stereocenters. The summed E-state index contributed by atoms with van der Waals surface area (Å²) >= 11 is 0. The number of nitrogens with two attached hydrogens (primary N) is 1. The Morgan fingerprint density at radius 1 is 1.53 bits per heavy atom. The van der Waals surface area contributed by atoms with Crippen LogP contribution in [0.4, 0.5) is 0 Å². The summed E-state index contributed by atoms with van der Waals surface area (Å²) in [4.78, 5) is 34.7. The van der Waals surface area contributed by atoms with Crippen LogP contribution in [-0.2, 0) is 14.4 Å². The molecule has 0 radical (unpaired) electrons. The Morgan fingerprint density at radius 2 is 2.18 bits per heavy atom. The van der Waals surface area contributed by atoms with Crippen LogP contribution in [0.15, 0.2) is 11.6 Å². The number of hydrogen-bond acceptors (Lipinski definition) is 3. The molecule has 0 aromatic rings. The van der Waals surface area contributed by atoms with E-state index in [9.17, 15) is 14.4 Å². The molecule has 1 unspecified atom stereocenters. The molecule has 0 spiro atoms. The summed E-state index contributed by atoms with van der Waals surface area (Å²) in [5.41, 5.74) is 4.51. The molecule has 6 heteroatoms. The Morgan fingerprint density at radius 3 is 2.65 bits per heavy atom. The summed E-state index contributed by atoms with van der Waals surface area (Å²) < 4.78 is 0. The van der Waals surface area contributed by atoms with Gasteiger partial charge in [0.05, 0.1) is 5.41 Å². The number of carbonyl (C=O) groups excluding carboxylic acids is 3. The van der Waals surface area contributed by atoms with Crippen molar-refractivity contribution in [2.24, 2.45) is 17.1 Å². The highest BCUT2D eigenvalue weighted by molar-refractivity contribution is 6.19. The Labute approximate surface area is 98.6 Å². The van der Waals surface area contributed by atoms with E-state index in [1.807, 2.05) is 0 Å². The molecule has 4 N–H and O–H groups in total. The van der Waals surface area contributed by atoms with Gasteiger partial charge < -0.3 is 16.4 Å². The zero-order chi connectivity index (χ0) is 12.6. The molecular weight excluding hydrogens is 222 g/mol. The number of primary amides is 1. The number of likely N-dealkylation sites (N-methyl/N-ethyl adjacent to an activating group) is 1. The predicted molar refractivity (Wildman–Crippen MR) is 59.5 cm³/mol. The lowest BCUT2D eigenvalue weighted by molar-refractivity contribution is -0.128. The molecule has 0 aromatic heterocycles. The van der Waals surface area contributed by atoms with Crippen molar-refractivity contribution in [3.63, 3.8) is 0 Å². The van der Waals surface area contributed by atoms with Crippen LogP contribution < -0.4 is 16.4 Å². The fourth-order valence-corrected chi connectivity index (χ4v) is 2.22. The number of nitrogens with one attached hydrogen (secondary N) is 2. The van der Waals surface area contributed by atoms with E-state index in [0.717, 1.165) is 12.8 Å². The van der Waals surface area contributed by atoms with E-state index < -0.39 is 23.1 Å². The molecule has 3 amide bonds. The minimum Gasteiger partial charge on any atom is -0.369 e. The second-order valence-corrected chi connectivity index (χ2v) is 4.50. The molecule has 2 rings (SSSR count). The minimum atomic E-state index is -0.893. The number of carbonyl (C=O) groups is 3. The molecule has 1 aliphatic carbocycles. The van der Waals surface area contributed by atoms with E-state index in [0.29, 0.717) is 0 Å².